The molecule has 1 amide bonds. The standard InChI is InChI=1S/C8H16N2O.ClH/c1-10-7(11)8(9)5-3-2-4-6-8;/h2-6,9H2,1H3,(H,10,11);1H. The van der Waals surface area contributed by atoms with Crippen LogP contribution in [0.3, 0.4) is 0 Å². The summed E-state index contributed by atoms with van der Waals surface area (Å²) in [6.07, 6.45) is 5.07. The van der Waals surface area contributed by atoms with E-state index in [-0.39, 0.29) is 18.3 Å². The maximum Gasteiger partial charge on any atom is 0.239 e. The topological polar surface area (TPSA) is 55.1 Å². The van der Waals surface area contributed by atoms with Gasteiger partial charge in [-0.1, -0.05) is 19.3 Å². The molecule has 1 fully saturated rings. The summed E-state index contributed by atoms with van der Waals surface area (Å²) in [4.78, 5) is 11.3. The lowest BCUT2D eigenvalue weighted by Crippen LogP contribution is -2.54. The number of halogens is 1. The molecule has 1 saturated carbocycles. The zero-order valence-corrected chi connectivity index (χ0v) is 8.25. The molecule has 72 valence electrons. The van der Waals surface area contributed by atoms with E-state index in [1.165, 1.54) is 6.42 Å². The normalized spacial score (nSPS) is 20.8. The highest BCUT2D eigenvalue weighted by Gasteiger charge is 2.34. The number of hydrogen-bond acceptors (Lipinski definition) is 2. The van der Waals surface area contributed by atoms with Gasteiger partial charge in [-0.2, -0.15) is 0 Å². The van der Waals surface area contributed by atoms with Crippen molar-refractivity contribution in [2.24, 2.45) is 5.73 Å². The predicted octanol–water partition coefficient (Wildman–Crippen LogP) is 0.816. The highest BCUT2D eigenvalue weighted by molar-refractivity contribution is 5.86. The molecule has 0 heterocycles. The first kappa shape index (κ1) is 11.7. The summed E-state index contributed by atoms with van der Waals surface area (Å²) >= 11 is 0. The van der Waals surface area contributed by atoms with Gasteiger partial charge < -0.3 is 11.1 Å². The van der Waals surface area contributed by atoms with Crippen LogP contribution in [0.15, 0.2) is 0 Å². The molecule has 0 spiro atoms. The van der Waals surface area contributed by atoms with Crippen molar-refractivity contribution < 1.29 is 4.79 Å². The van der Waals surface area contributed by atoms with Crippen LogP contribution in [0.4, 0.5) is 0 Å². The molecule has 0 radical (unpaired) electrons. The van der Waals surface area contributed by atoms with Gasteiger partial charge in [-0.3, -0.25) is 4.79 Å². The fraction of sp³-hybridized carbons (Fsp3) is 0.875. The van der Waals surface area contributed by atoms with E-state index in [1.54, 1.807) is 7.05 Å². The Hall–Kier alpha value is -0.280. The number of carbonyl (C=O) groups is 1. The molecule has 0 saturated heterocycles. The number of carbonyl (C=O) groups excluding carboxylic acids is 1. The van der Waals surface area contributed by atoms with Crippen molar-refractivity contribution in [3.8, 4) is 0 Å². The molecule has 0 aromatic heterocycles. The van der Waals surface area contributed by atoms with Crippen molar-refractivity contribution in [2.45, 2.75) is 37.6 Å². The molecule has 1 aliphatic rings. The number of hydrogen-bond donors (Lipinski definition) is 2. The third-order valence-corrected chi connectivity index (χ3v) is 2.43. The lowest BCUT2D eigenvalue weighted by molar-refractivity contribution is -0.126. The van der Waals surface area contributed by atoms with Crippen LogP contribution < -0.4 is 11.1 Å². The van der Waals surface area contributed by atoms with Crippen LogP contribution in [0.2, 0.25) is 0 Å². The average molecular weight is 193 g/mol. The van der Waals surface area contributed by atoms with E-state index in [1.807, 2.05) is 0 Å². The van der Waals surface area contributed by atoms with Crippen molar-refractivity contribution >= 4 is 18.3 Å². The van der Waals surface area contributed by atoms with E-state index in [2.05, 4.69) is 5.32 Å². The van der Waals surface area contributed by atoms with E-state index in [0.29, 0.717) is 0 Å². The summed E-state index contributed by atoms with van der Waals surface area (Å²) in [6, 6.07) is 0. The zero-order chi connectivity index (χ0) is 8.32. The molecule has 3 N–H and O–H groups in total. The van der Waals surface area contributed by atoms with Crippen LogP contribution in [0, 0.1) is 0 Å². The summed E-state index contributed by atoms with van der Waals surface area (Å²) in [7, 11) is 1.64. The quantitative estimate of drug-likeness (QED) is 0.646. The van der Waals surface area contributed by atoms with Crippen LogP contribution >= 0.6 is 12.4 Å². The second-order valence-electron chi connectivity index (χ2n) is 3.30. The monoisotopic (exact) mass is 192 g/mol. The van der Waals surface area contributed by atoms with Gasteiger partial charge in [-0.15, -0.1) is 12.4 Å². The van der Waals surface area contributed by atoms with Gasteiger partial charge in [-0.25, -0.2) is 0 Å². The van der Waals surface area contributed by atoms with Crippen LogP contribution in [-0.2, 0) is 4.79 Å². The van der Waals surface area contributed by atoms with Crippen molar-refractivity contribution in [1.82, 2.24) is 5.32 Å². The average Bonchev–Trinajstić information content (AvgIpc) is 2.04. The first-order valence-electron chi connectivity index (χ1n) is 4.20. The molecular formula is C8H17ClN2O. The number of likely N-dealkylation sites (N-methyl/N-ethyl adjacent to an activating group) is 1. The highest BCUT2D eigenvalue weighted by atomic mass is 35.5. The predicted molar refractivity (Wildman–Crippen MR) is 51.3 cm³/mol. The van der Waals surface area contributed by atoms with Crippen LogP contribution in [0.1, 0.15) is 32.1 Å². The Morgan fingerprint density at radius 1 is 1.33 bits per heavy atom. The van der Waals surface area contributed by atoms with E-state index < -0.39 is 5.54 Å². The third-order valence-electron chi connectivity index (χ3n) is 2.43. The second-order valence-corrected chi connectivity index (χ2v) is 3.30. The largest absolute Gasteiger partial charge is 0.358 e. The maximum atomic E-state index is 11.3. The minimum atomic E-state index is -0.562. The minimum absolute atomic E-state index is 0. The summed E-state index contributed by atoms with van der Waals surface area (Å²) in [6.45, 7) is 0. The van der Waals surface area contributed by atoms with Gasteiger partial charge in [0, 0.05) is 7.05 Å². The van der Waals surface area contributed by atoms with Crippen molar-refractivity contribution in [1.29, 1.82) is 0 Å². The molecule has 3 nitrogen and oxygen atoms in total. The fourth-order valence-electron chi connectivity index (χ4n) is 1.66. The Bertz CT molecular complexity index is 155. The maximum absolute atomic E-state index is 11.3. The van der Waals surface area contributed by atoms with Gasteiger partial charge in [0.05, 0.1) is 5.54 Å². The van der Waals surface area contributed by atoms with E-state index in [4.69, 9.17) is 5.73 Å². The third kappa shape index (κ3) is 2.35. The molecule has 0 unspecified atom stereocenters. The van der Waals surface area contributed by atoms with Crippen molar-refractivity contribution in [3.05, 3.63) is 0 Å². The molecule has 4 heteroatoms. The first-order chi connectivity index (χ1) is 5.19. The number of nitrogens with one attached hydrogen (secondary N) is 1. The van der Waals surface area contributed by atoms with Gasteiger partial charge in [0.2, 0.25) is 5.91 Å². The fourth-order valence-corrected chi connectivity index (χ4v) is 1.66. The molecule has 0 aliphatic heterocycles. The Morgan fingerprint density at radius 2 is 1.83 bits per heavy atom. The Labute approximate surface area is 79.5 Å². The van der Waals surface area contributed by atoms with Gasteiger partial charge in [-0.05, 0) is 12.8 Å². The molecule has 0 aromatic rings. The Balaban J connectivity index is 0.00000121. The minimum Gasteiger partial charge on any atom is -0.358 e. The summed E-state index contributed by atoms with van der Waals surface area (Å²) in [5, 5.41) is 2.61. The molecule has 0 atom stereocenters. The van der Waals surface area contributed by atoms with Crippen molar-refractivity contribution in [3.63, 3.8) is 0 Å². The molecular weight excluding hydrogens is 176 g/mol. The molecule has 0 bridgehead atoms. The van der Waals surface area contributed by atoms with E-state index in [9.17, 15) is 4.79 Å². The van der Waals surface area contributed by atoms with Gasteiger partial charge in [0.15, 0.2) is 0 Å². The molecule has 1 rings (SSSR count). The van der Waals surface area contributed by atoms with Crippen molar-refractivity contribution in [2.75, 3.05) is 7.05 Å². The SMILES string of the molecule is CNC(=O)C1(N)CCCCC1.Cl. The number of nitrogens with two attached hydrogens (primary N) is 1. The summed E-state index contributed by atoms with van der Waals surface area (Å²) < 4.78 is 0. The molecule has 1 aliphatic carbocycles. The molecule has 0 aromatic carbocycles. The Kier molecular flexibility index (Phi) is 4.57. The van der Waals surface area contributed by atoms with Gasteiger partial charge in [0.25, 0.3) is 0 Å². The number of rotatable bonds is 1. The lowest BCUT2D eigenvalue weighted by atomic mass is 9.82. The summed E-state index contributed by atoms with van der Waals surface area (Å²) in [5.41, 5.74) is 5.34. The second kappa shape index (κ2) is 4.67. The molecule has 12 heavy (non-hydrogen) atoms. The van der Waals surface area contributed by atoms with Gasteiger partial charge in [0.1, 0.15) is 0 Å². The summed E-state index contributed by atoms with van der Waals surface area (Å²) in [5.74, 6) is -0.00259. The van der Waals surface area contributed by atoms with Gasteiger partial charge >= 0.3 is 0 Å². The smallest absolute Gasteiger partial charge is 0.239 e. The van der Waals surface area contributed by atoms with Crippen LogP contribution in [0.5, 0.6) is 0 Å². The number of amides is 1. The van der Waals surface area contributed by atoms with Crippen LogP contribution in [0.25, 0.3) is 0 Å². The zero-order valence-electron chi connectivity index (χ0n) is 7.43. The first-order valence-corrected chi connectivity index (χ1v) is 4.20. The Morgan fingerprint density at radius 3 is 2.25 bits per heavy atom. The lowest BCUT2D eigenvalue weighted by Gasteiger charge is -2.31. The van der Waals surface area contributed by atoms with Crippen LogP contribution in [-0.4, -0.2) is 18.5 Å². The van der Waals surface area contributed by atoms with E-state index in [0.717, 1.165) is 25.7 Å². The highest BCUT2D eigenvalue weighted by Crippen LogP contribution is 2.25. The van der Waals surface area contributed by atoms with E-state index >= 15 is 0 Å².